The predicted octanol–water partition coefficient (Wildman–Crippen LogP) is 3.81. The summed E-state index contributed by atoms with van der Waals surface area (Å²) in [6.07, 6.45) is 1.32. The largest absolute Gasteiger partial charge is 0.308 e. The highest BCUT2D eigenvalue weighted by molar-refractivity contribution is 5.23. The second-order valence-corrected chi connectivity index (χ2v) is 8.05. The fraction of sp³-hybridized carbons (Fsp3) is 0.667. The van der Waals surface area contributed by atoms with Crippen LogP contribution >= 0.6 is 0 Å². The summed E-state index contributed by atoms with van der Waals surface area (Å²) >= 11 is 0. The smallest absolute Gasteiger partial charge is 0.0234 e. The van der Waals surface area contributed by atoms with Gasteiger partial charge in [0.05, 0.1) is 0 Å². The van der Waals surface area contributed by atoms with Gasteiger partial charge >= 0.3 is 0 Å². The Labute approximate surface area is 124 Å². The molecule has 20 heavy (non-hydrogen) atoms. The van der Waals surface area contributed by atoms with E-state index >= 15 is 0 Å². The first-order valence-corrected chi connectivity index (χ1v) is 7.79. The zero-order valence-corrected chi connectivity index (χ0v) is 13.8. The van der Waals surface area contributed by atoms with Crippen molar-refractivity contribution in [1.82, 2.24) is 10.2 Å². The number of likely N-dealkylation sites (tertiary alicyclic amines) is 1. The number of benzene rings is 1. The Kier molecular flexibility index (Phi) is 4.55. The van der Waals surface area contributed by atoms with E-state index in [-0.39, 0.29) is 5.54 Å². The van der Waals surface area contributed by atoms with Gasteiger partial charge in [0, 0.05) is 25.2 Å². The number of nitrogens with zero attached hydrogens (tertiary/aromatic N) is 1. The van der Waals surface area contributed by atoms with Crippen molar-refractivity contribution >= 4 is 0 Å². The number of hydrogen-bond acceptors (Lipinski definition) is 2. The van der Waals surface area contributed by atoms with Crippen LogP contribution < -0.4 is 5.32 Å². The van der Waals surface area contributed by atoms with E-state index in [2.05, 4.69) is 69.1 Å². The van der Waals surface area contributed by atoms with E-state index < -0.39 is 0 Å². The molecule has 0 radical (unpaired) electrons. The van der Waals surface area contributed by atoms with Crippen LogP contribution in [-0.2, 0) is 13.1 Å². The second kappa shape index (κ2) is 5.87. The molecule has 1 aromatic carbocycles. The van der Waals surface area contributed by atoms with Gasteiger partial charge in [-0.05, 0) is 50.3 Å². The van der Waals surface area contributed by atoms with Crippen molar-refractivity contribution in [2.45, 2.75) is 59.7 Å². The normalized spacial score (nSPS) is 19.4. The maximum Gasteiger partial charge on any atom is 0.0234 e. The minimum absolute atomic E-state index is 0.176. The summed E-state index contributed by atoms with van der Waals surface area (Å²) in [4.78, 5) is 2.58. The molecule has 112 valence electrons. The molecule has 1 N–H and O–H groups in total. The fourth-order valence-corrected chi connectivity index (χ4v) is 2.82. The van der Waals surface area contributed by atoms with Gasteiger partial charge in [0.1, 0.15) is 0 Å². The summed E-state index contributed by atoms with van der Waals surface area (Å²) in [5.74, 6) is 0. The monoisotopic (exact) mass is 274 g/mol. The van der Waals surface area contributed by atoms with Gasteiger partial charge in [-0.3, -0.25) is 4.90 Å². The van der Waals surface area contributed by atoms with Crippen LogP contribution in [0.1, 0.15) is 52.2 Å². The zero-order chi connectivity index (χ0) is 14.8. The summed E-state index contributed by atoms with van der Waals surface area (Å²) in [5.41, 5.74) is 3.49. The van der Waals surface area contributed by atoms with E-state index in [1.54, 1.807) is 0 Å². The first kappa shape index (κ1) is 15.5. The highest BCUT2D eigenvalue weighted by Gasteiger charge is 2.28. The van der Waals surface area contributed by atoms with Gasteiger partial charge in [-0.25, -0.2) is 0 Å². The van der Waals surface area contributed by atoms with Gasteiger partial charge in [0.2, 0.25) is 0 Å². The molecule has 2 heteroatoms. The lowest BCUT2D eigenvalue weighted by Gasteiger charge is -2.22. The van der Waals surface area contributed by atoms with Crippen LogP contribution in [0.4, 0.5) is 0 Å². The molecule has 1 fully saturated rings. The van der Waals surface area contributed by atoms with Crippen molar-refractivity contribution in [3.05, 3.63) is 35.4 Å². The first-order valence-electron chi connectivity index (χ1n) is 7.79. The number of rotatable bonds is 4. The van der Waals surface area contributed by atoms with Gasteiger partial charge in [-0.2, -0.15) is 0 Å². The maximum absolute atomic E-state index is 3.56. The Bertz CT molecular complexity index is 443. The topological polar surface area (TPSA) is 15.3 Å². The van der Waals surface area contributed by atoms with Crippen LogP contribution in [0.5, 0.6) is 0 Å². The van der Waals surface area contributed by atoms with E-state index in [1.165, 1.54) is 30.6 Å². The van der Waals surface area contributed by atoms with E-state index in [0.717, 1.165) is 13.1 Å². The van der Waals surface area contributed by atoms with Crippen molar-refractivity contribution in [2.75, 3.05) is 13.1 Å². The number of nitrogens with one attached hydrogen (secondary N) is 1. The molecule has 0 unspecified atom stereocenters. The van der Waals surface area contributed by atoms with Crippen molar-refractivity contribution in [1.29, 1.82) is 0 Å². The molecule has 1 aliphatic rings. The molecule has 0 amide bonds. The summed E-state index contributed by atoms with van der Waals surface area (Å²) in [6.45, 7) is 15.9. The fourth-order valence-electron chi connectivity index (χ4n) is 2.82. The molecule has 2 nitrogen and oxygen atoms in total. The van der Waals surface area contributed by atoms with Crippen LogP contribution in [0, 0.1) is 5.41 Å². The molecule has 0 aromatic heterocycles. The van der Waals surface area contributed by atoms with E-state index in [4.69, 9.17) is 0 Å². The second-order valence-electron chi connectivity index (χ2n) is 8.05. The molecule has 0 saturated carbocycles. The van der Waals surface area contributed by atoms with Gasteiger partial charge in [-0.1, -0.05) is 38.1 Å². The van der Waals surface area contributed by atoms with Gasteiger partial charge in [0.15, 0.2) is 0 Å². The van der Waals surface area contributed by atoms with Crippen molar-refractivity contribution in [3.8, 4) is 0 Å². The summed E-state index contributed by atoms with van der Waals surface area (Å²) < 4.78 is 0. The molecule has 2 rings (SSSR count). The minimum atomic E-state index is 0.176. The zero-order valence-electron chi connectivity index (χ0n) is 13.8. The van der Waals surface area contributed by atoms with Gasteiger partial charge in [0.25, 0.3) is 0 Å². The molecule has 0 aliphatic carbocycles. The van der Waals surface area contributed by atoms with E-state index in [0.29, 0.717) is 5.41 Å². The third-order valence-electron chi connectivity index (χ3n) is 3.98. The SMILES string of the molecule is CC1(C)CCN(Cc2cccc(CNC(C)(C)C)c2)C1. The van der Waals surface area contributed by atoms with Crippen LogP contribution in [-0.4, -0.2) is 23.5 Å². The first-order chi connectivity index (χ1) is 9.23. The molecule has 1 heterocycles. The molecule has 1 saturated heterocycles. The summed E-state index contributed by atoms with van der Waals surface area (Å²) in [7, 11) is 0. The highest BCUT2D eigenvalue weighted by Crippen LogP contribution is 2.29. The van der Waals surface area contributed by atoms with E-state index in [1.807, 2.05) is 0 Å². The quantitative estimate of drug-likeness (QED) is 0.898. The average molecular weight is 274 g/mol. The predicted molar refractivity (Wildman–Crippen MR) is 86.7 cm³/mol. The average Bonchev–Trinajstić information content (AvgIpc) is 2.66. The molecule has 1 aliphatic heterocycles. The highest BCUT2D eigenvalue weighted by atomic mass is 15.1. The standard InChI is InChI=1S/C18H30N2/c1-17(2,3)19-12-15-7-6-8-16(11-15)13-20-10-9-18(4,5)14-20/h6-8,11,19H,9-10,12-14H2,1-5H3. The van der Waals surface area contributed by atoms with Crippen molar-refractivity contribution in [3.63, 3.8) is 0 Å². The Morgan fingerprint density at radius 1 is 1.20 bits per heavy atom. The van der Waals surface area contributed by atoms with E-state index in [9.17, 15) is 0 Å². The molecule has 1 aromatic rings. The summed E-state index contributed by atoms with van der Waals surface area (Å²) in [5, 5.41) is 3.56. The molecule has 0 bridgehead atoms. The van der Waals surface area contributed by atoms with Crippen molar-refractivity contribution < 1.29 is 0 Å². The lowest BCUT2D eigenvalue weighted by Crippen LogP contribution is -2.35. The lowest BCUT2D eigenvalue weighted by molar-refractivity contribution is 0.284. The molecule has 0 atom stereocenters. The van der Waals surface area contributed by atoms with Crippen LogP contribution in [0.25, 0.3) is 0 Å². The third-order valence-corrected chi connectivity index (χ3v) is 3.98. The Morgan fingerprint density at radius 3 is 2.50 bits per heavy atom. The van der Waals surface area contributed by atoms with Crippen LogP contribution in [0.15, 0.2) is 24.3 Å². The Balaban J connectivity index is 1.93. The number of hydrogen-bond donors (Lipinski definition) is 1. The van der Waals surface area contributed by atoms with Gasteiger partial charge < -0.3 is 5.32 Å². The summed E-state index contributed by atoms with van der Waals surface area (Å²) in [6, 6.07) is 9.02. The maximum atomic E-state index is 3.56. The lowest BCUT2D eigenvalue weighted by atomic mass is 9.93. The Hall–Kier alpha value is -0.860. The van der Waals surface area contributed by atoms with Crippen molar-refractivity contribution in [2.24, 2.45) is 5.41 Å². The van der Waals surface area contributed by atoms with Crippen LogP contribution in [0.2, 0.25) is 0 Å². The van der Waals surface area contributed by atoms with Crippen LogP contribution in [0.3, 0.4) is 0 Å². The molecular formula is C18H30N2. The Morgan fingerprint density at radius 2 is 1.90 bits per heavy atom. The minimum Gasteiger partial charge on any atom is -0.308 e. The molecular weight excluding hydrogens is 244 g/mol. The third kappa shape index (κ3) is 4.92. The molecule has 0 spiro atoms. The van der Waals surface area contributed by atoms with Gasteiger partial charge in [-0.15, -0.1) is 0 Å².